The van der Waals surface area contributed by atoms with Crippen molar-refractivity contribution in [3.05, 3.63) is 65.7 Å². The summed E-state index contributed by atoms with van der Waals surface area (Å²) in [5.74, 6) is 0. The van der Waals surface area contributed by atoms with Gasteiger partial charge in [0.1, 0.15) is 0 Å². The zero-order valence-electron chi connectivity index (χ0n) is 15.5. The van der Waals surface area contributed by atoms with Crippen LogP contribution in [0.15, 0.2) is 54.6 Å². The third kappa shape index (κ3) is 1.58. The molecule has 0 N–H and O–H groups in total. The van der Waals surface area contributed by atoms with Gasteiger partial charge in [-0.05, 0) is 43.5 Å². The molecule has 126 valence electrons. The number of hydrogen-bond donors (Lipinski definition) is 0. The maximum absolute atomic E-state index is 2.74. The van der Waals surface area contributed by atoms with E-state index in [0.717, 1.165) is 0 Å². The van der Waals surface area contributed by atoms with Crippen LogP contribution in [0, 0.1) is 6.92 Å². The second-order valence-corrected chi connectivity index (χ2v) is 7.94. The average Bonchev–Trinajstić information content (AvgIpc) is 2.62. The van der Waals surface area contributed by atoms with Gasteiger partial charge in [0.2, 0.25) is 11.2 Å². The molecule has 1 nitrogen and oxygen atoms in total. The van der Waals surface area contributed by atoms with Gasteiger partial charge in [0, 0.05) is 29.9 Å². The largest absolute Gasteiger partial charge is 0.216 e. The van der Waals surface area contributed by atoms with E-state index in [9.17, 15) is 0 Å². The van der Waals surface area contributed by atoms with Crippen LogP contribution in [0.4, 0.5) is 0 Å². The van der Waals surface area contributed by atoms with Crippen LogP contribution in [0.3, 0.4) is 0 Å². The first kappa shape index (κ1) is 15.1. The molecule has 1 fully saturated rings. The predicted molar refractivity (Wildman–Crippen MR) is 104 cm³/mol. The van der Waals surface area contributed by atoms with Gasteiger partial charge in [-0.15, -0.1) is 0 Å². The molecule has 2 aliphatic rings. The van der Waals surface area contributed by atoms with Crippen LogP contribution in [0.2, 0.25) is 0 Å². The van der Waals surface area contributed by atoms with E-state index in [4.69, 9.17) is 0 Å². The topological polar surface area (TPSA) is 3.88 Å². The average molecular weight is 328 g/mol. The highest BCUT2D eigenvalue weighted by atomic mass is 15.1. The standard InChI is InChI=1S/C24H26N/c1-4-23-14-15-24(23,5-2)25-21-13-9-6-10-18(21)16-17(3)22(25)19-11-7-8-12-20(19)23/h6-13,16H,4-5,14-15H2,1-3H3/q+1. The van der Waals surface area contributed by atoms with Crippen molar-refractivity contribution in [3.63, 3.8) is 0 Å². The Bertz CT molecular complexity index is 994. The Kier molecular flexibility index (Phi) is 2.99. The first-order valence-corrected chi connectivity index (χ1v) is 9.73. The molecule has 0 bridgehead atoms. The van der Waals surface area contributed by atoms with Gasteiger partial charge in [0.15, 0.2) is 5.54 Å². The molecule has 2 heterocycles. The molecule has 1 heteroatoms. The zero-order valence-corrected chi connectivity index (χ0v) is 15.5. The summed E-state index contributed by atoms with van der Waals surface area (Å²) < 4.78 is 2.74. The molecule has 1 aliphatic heterocycles. The first-order chi connectivity index (χ1) is 12.2. The molecule has 2 atom stereocenters. The first-order valence-electron chi connectivity index (χ1n) is 9.73. The van der Waals surface area contributed by atoms with Crippen LogP contribution in [0.5, 0.6) is 0 Å². The summed E-state index contributed by atoms with van der Waals surface area (Å²) in [4.78, 5) is 0. The van der Waals surface area contributed by atoms with E-state index >= 15 is 0 Å². The van der Waals surface area contributed by atoms with Crippen molar-refractivity contribution in [3.8, 4) is 11.3 Å². The summed E-state index contributed by atoms with van der Waals surface area (Å²) in [5.41, 5.74) is 7.79. The number of fused-ring (bicyclic) bond motifs is 8. The zero-order chi connectivity index (χ0) is 17.2. The lowest BCUT2D eigenvalue weighted by molar-refractivity contribution is -0.762. The lowest BCUT2D eigenvalue weighted by Gasteiger charge is -2.58. The van der Waals surface area contributed by atoms with E-state index in [1.54, 1.807) is 5.56 Å². The van der Waals surface area contributed by atoms with Gasteiger partial charge in [-0.25, -0.2) is 0 Å². The minimum absolute atomic E-state index is 0.219. The molecule has 1 aliphatic carbocycles. The van der Waals surface area contributed by atoms with Gasteiger partial charge in [-0.3, -0.25) is 0 Å². The Balaban J connectivity index is 2.02. The molecule has 2 aromatic carbocycles. The normalized spacial score (nSPS) is 26.5. The fraction of sp³-hybridized carbons (Fsp3) is 0.375. The molecule has 0 radical (unpaired) electrons. The summed E-state index contributed by atoms with van der Waals surface area (Å²) >= 11 is 0. The highest BCUT2D eigenvalue weighted by molar-refractivity contribution is 5.81. The second-order valence-electron chi connectivity index (χ2n) is 7.94. The van der Waals surface area contributed by atoms with Crippen molar-refractivity contribution >= 4 is 10.9 Å². The second kappa shape index (κ2) is 4.94. The predicted octanol–water partition coefficient (Wildman–Crippen LogP) is 5.66. The van der Waals surface area contributed by atoms with Crippen molar-refractivity contribution in [2.24, 2.45) is 0 Å². The summed E-state index contributed by atoms with van der Waals surface area (Å²) in [7, 11) is 0. The Labute approximate surface area is 150 Å². The van der Waals surface area contributed by atoms with Crippen LogP contribution >= 0.6 is 0 Å². The monoisotopic (exact) mass is 328 g/mol. The lowest BCUT2D eigenvalue weighted by Crippen LogP contribution is -2.75. The number of nitrogens with zero attached hydrogens (tertiary/aromatic N) is 1. The molecule has 25 heavy (non-hydrogen) atoms. The Morgan fingerprint density at radius 3 is 2.40 bits per heavy atom. The molecule has 0 spiro atoms. The van der Waals surface area contributed by atoms with E-state index in [1.807, 2.05) is 0 Å². The molecular weight excluding hydrogens is 302 g/mol. The Hall–Kier alpha value is -2.15. The van der Waals surface area contributed by atoms with E-state index in [2.05, 4.69) is 79.9 Å². The molecule has 5 rings (SSSR count). The van der Waals surface area contributed by atoms with Crippen LogP contribution < -0.4 is 4.57 Å². The highest BCUT2D eigenvalue weighted by Crippen LogP contribution is 2.62. The maximum atomic E-state index is 2.74. The number of benzene rings is 2. The van der Waals surface area contributed by atoms with Gasteiger partial charge < -0.3 is 0 Å². The minimum atomic E-state index is 0.219. The number of pyridine rings is 1. The molecule has 2 unspecified atom stereocenters. The van der Waals surface area contributed by atoms with Crippen LogP contribution in [0.25, 0.3) is 22.2 Å². The summed E-state index contributed by atoms with van der Waals surface area (Å²) in [5, 5.41) is 1.37. The summed E-state index contributed by atoms with van der Waals surface area (Å²) in [6, 6.07) is 20.5. The number of para-hydroxylation sites is 1. The fourth-order valence-electron chi connectivity index (χ4n) is 6.09. The van der Waals surface area contributed by atoms with Gasteiger partial charge in [0.05, 0.1) is 11.0 Å². The molecule has 1 saturated carbocycles. The summed E-state index contributed by atoms with van der Waals surface area (Å²) in [6.45, 7) is 7.07. The van der Waals surface area contributed by atoms with Crippen LogP contribution in [-0.2, 0) is 11.0 Å². The van der Waals surface area contributed by atoms with Crippen molar-refractivity contribution in [1.82, 2.24) is 0 Å². The quantitative estimate of drug-likeness (QED) is 0.534. The molecule has 0 amide bonds. The van der Waals surface area contributed by atoms with Crippen molar-refractivity contribution in [1.29, 1.82) is 0 Å². The summed E-state index contributed by atoms with van der Waals surface area (Å²) in [6.07, 6.45) is 5.01. The van der Waals surface area contributed by atoms with Crippen molar-refractivity contribution in [2.45, 2.75) is 57.4 Å². The lowest BCUT2D eigenvalue weighted by atomic mass is 9.47. The van der Waals surface area contributed by atoms with E-state index in [1.165, 1.54) is 53.4 Å². The van der Waals surface area contributed by atoms with Gasteiger partial charge in [-0.1, -0.05) is 44.2 Å². The van der Waals surface area contributed by atoms with E-state index in [0.29, 0.717) is 0 Å². The molecular formula is C24H26N+. The molecule has 0 saturated heterocycles. The highest BCUT2D eigenvalue weighted by Gasteiger charge is 2.68. The number of aryl methyl sites for hydroxylation is 1. The van der Waals surface area contributed by atoms with Gasteiger partial charge in [0.25, 0.3) is 0 Å². The van der Waals surface area contributed by atoms with Gasteiger partial charge >= 0.3 is 0 Å². The smallest absolute Gasteiger partial charge is 0.185 e. The third-order valence-electron chi connectivity index (χ3n) is 7.32. The molecule has 1 aromatic heterocycles. The van der Waals surface area contributed by atoms with Crippen LogP contribution in [-0.4, -0.2) is 0 Å². The number of aromatic nitrogens is 1. The van der Waals surface area contributed by atoms with E-state index < -0.39 is 0 Å². The fourth-order valence-corrected chi connectivity index (χ4v) is 6.09. The Morgan fingerprint density at radius 1 is 0.920 bits per heavy atom. The van der Waals surface area contributed by atoms with E-state index in [-0.39, 0.29) is 11.0 Å². The SMILES string of the molecule is CCC12CCC1(CC)[n+]1c(c(C)cc3ccccc31)-c1ccccc12. The maximum Gasteiger partial charge on any atom is 0.216 e. The van der Waals surface area contributed by atoms with Gasteiger partial charge in [-0.2, -0.15) is 4.57 Å². The number of hydrogen-bond acceptors (Lipinski definition) is 0. The Morgan fingerprint density at radius 2 is 1.68 bits per heavy atom. The van der Waals surface area contributed by atoms with Crippen molar-refractivity contribution < 1.29 is 4.57 Å². The minimum Gasteiger partial charge on any atom is -0.185 e. The molecule has 3 aromatic rings. The van der Waals surface area contributed by atoms with Crippen molar-refractivity contribution in [2.75, 3.05) is 0 Å². The van der Waals surface area contributed by atoms with Crippen LogP contribution in [0.1, 0.15) is 50.7 Å². The third-order valence-corrected chi connectivity index (χ3v) is 7.32. The number of rotatable bonds is 2.